The van der Waals surface area contributed by atoms with Crippen LogP contribution < -0.4 is 5.56 Å². The fourth-order valence-corrected chi connectivity index (χ4v) is 3.53. The Bertz CT molecular complexity index is 623. The Morgan fingerprint density at radius 2 is 2.37 bits per heavy atom. The number of aromatic nitrogens is 2. The van der Waals surface area contributed by atoms with Gasteiger partial charge in [0, 0.05) is 18.2 Å². The van der Waals surface area contributed by atoms with Gasteiger partial charge in [-0.15, -0.1) is 0 Å². The summed E-state index contributed by atoms with van der Waals surface area (Å²) >= 11 is 5.18. The standard InChI is InChI=1S/C13H18N2O3S/c1-7-3-4-13(17)5-9(18-10(7)13)15-6-8(2)11(16)14-12(15)19/h6-7,9-10,17H,3-5H2,1-2H3,(H,14,16,19)/t7-,9-,10-,13+/m1/s1. The van der Waals surface area contributed by atoms with E-state index in [2.05, 4.69) is 11.9 Å². The monoisotopic (exact) mass is 282 g/mol. The normalized spacial score (nSPS) is 37.5. The fourth-order valence-electron chi connectivity index (χ4n) is 3.26. The van der Waals surface area contributed by atoms with Crippen LogP contribution in [0.15, 0.2) is 11.0 Å². The highest BCUT2D eigenvalue weighted by molar-refractivity contribution is 7.71. The van der Waals surface area contributed by atoms with E-state index in [0.717, 1.165) is 12.8 Å². The average molecular weight is 282 g/mol. The van der Waals surface area contributed by atoms with Crippen molar-refractivity contribution in [2.75, 3.05) is 0 Å². The lowest BCUT2D eigenvalue weighted by Gasteiger charge is -2.21. The largest absolute Gasteiger partial charge is 0.387 e. The lowest BCUT2D eigenvalue weighted by Crippen LogP contribution is -2.34. The number of nitrogens with zero attached hydrogens (tertiary/aromatic N) is 1. The van der Waals surface area contributed by atoms with E-state index in [-0.39, 0.29) is 17.9 Å². The maximum Gasteiger partial charge on any atom is 0.254 e. The molecule has 1 aliphatic carbocycles. The summed E-state index contributed by atoms with van der Waals surface area (Å²) in [5, 5.41) is 10.6. The Labute approximate surface area is 116 Å². The van der Waals surface area contributed by atoms with Gasteiger partial charge in [0.1, 0.15) is 6.23 Å². The molecule has 2 fully saturated rings. The van der Waals surface area contributed by atoms with Crippen molar-refractivity contribution in [3.8, 4) is 0 Å². The first-order valence-electron chi connectivity index (χ1n) is 6.60. The number of aryl methyl sites for hydroxylation is 1. The molecule has 2 heterocycles. The Balaban J connectivity index is 1.96. The SMILES string of the molecule is Cc1cn([C@H]2C[C@@]3(O)CC[C@@H](C)[C@H]3O2)c(=S)[nH]c1=O. The summed E-state index contributed by atoms with van der Waals surface area (Å²) in [7, 11) is 0. The van der Waals surface area contributed by atoms with Crippen molar-refractivity contribution in [3.05, 3.63) is 26.9 Å². The van der Waals surface area contributed by atoms with Gasteiger partial charge in [0.25, 0.3) is 5.56 Å². The summed E-state index contributed by atoms with van der Waals surface area (Å²) < 4.78 is 8.08. The van der Waals surface area contributed by atoms with Crippen molar-refractivity contribution in [2.45, 2.75) is 51.0 Å². The van der Waals surface area contributed by atoms with Gasteiger partial charge in [-0.2, -0.15) is 0 Å². The Morgan fingerprint density at radius 3 is 3.05 bits per heavy atom. The zero-order chi connectivity index (χ0) is 13.8. The summed E-state index contributed by atoms with van der Waals surface area (Å²) in [5.74, 6) is 0.355. The molecule has 19 heavy (non-hydrogen) atoms. The quantitative estimate of drug-likeness (QED) is 0.769. The zero-order valence-electron chi connectivity index (χ0n) is 11.0. The fraction of sp³-hybridized carbons (Fsp3) is 0.692. The molecule has 0 unspecified atom stereocenters. The van der Waals surface area contributed by atoms with Crippen LogP contribution in [-0.2, 0) is 4.74 Å². The third-order valence-corrected chi connectivity index (χ3v) is 4.68. The second-order valence-corrected chi connectivity index (χ2v) is 6.20. The molecule has 1 aromatic rings. The summed E-state index contributed by atoms with van der Waals surface area (Å²) in [6.45, 7) is 3.83. The van der Waals surface area contributed by atoms with Gasteiger partial charge in [-0.1, -0.05) is 6.92 Å². The van der Waals surface area contributed by atoms with Gasteiger partial charge in [-0.3, -0.25) is 14.3 Å². The number of H-pyrrole nitrogens is 1. The van der Waals surface area contributed by atoms with E-state index in [1.165, 1.54) is 0 Å². The van der Waals surface area contributed by atoms with Crippen LogP contribution in [0.2, 0.25) is 0 Å². The maximum atomic E-state index is 11.5. The van der Waals surface area contributed by atoms with E-state index in [9.17, 15) is 9.90 Å². The number of fused-ring (bicyclic) bond motifs is 1. The first-order valence-corrected chi connectivity index (χ1v) is 7.01. The van der Waals surface area contributed by atoms with Crippen molar-refractivity contribution in [2.24, 2.45) is 5.92 Å². The molecular formula is C13H18N2O3S. The second-order valence-electron chi connectivity index (χ2n) is 5.81. The smallest absolute Gasteiger partial charge is 0.254 e. The van der Waals surface area contributed by atoms with Crippen LogP contribution in [0.5, 0.6) is 0 Å². The Hall–Kier alpha value is -0.980. The number of rotatable bonds is 1. The van der Waals surface area contributed by atoms with Crippen molar-refractivity contribution < 1.29 is 9.84 Å². The number of ether oxygens (including phenoxy) is 1. The Morgan fingerprint density at radius 1 is 1.63 bits per heavy atom. The van der Waals surface area contributed by atoms with Crippen molar-refractivity contribution in [3.63, 3.8) is 0 Å². The molecule has 1 aromatic heterocycles. The summed E-state index contributed by atoms with van der Waals surface area (Å²) in [5.41, 5.74) is -0.330. The molecule has 2 N–H and O–H groups in total. The van der Waals surface area contributed by atoms with Gasteiger partial charge in [-0.25, -0.2) is 0 Å². The van der Waals surface area contributed by atoms with Gasteiger partial charge in [0.2, 0.25) is 0 Å². The average Bonchev–Trinajstić information content (AvgIpc) is 2.81. The number of hydrogen-bond acceptors (Lipinski definition) is 4. The van der Waals surface area contributed by atoms with E-state index in [4.69, 9.17) is 17.0 Å². The first kappa shape index (κ1) is 13.0. The molecule has 0 bridgehead atoms. The highest BCUT2D eigenvalue weighted by atomic mass is 32.1. The number of aromatic amines is 1. The first-order chi connectivity index (χ1) is 8.90. The summed E-state index contributed by atoms with van der Waals surface area (Å²) in [6.07, 6.45) is 3.57. The van der Waals surface area contributed by atoms with Gasteiger partial charge >= 0.3 is 0 Å². The molecule has 104 valence electrons. The highest BCUT2D eigenvalue weighted by Gasteiger charge is 2.54. The molecule has 0 amide bonds. The van der Waals surface area contributed by atoms with Crippen LogP contribution in [0.25, 0.3) is 0 Å². The van der Waals surface area contributed by atoms with E-state index in [0.29, 0.717) is 22.7 Å². The third-order valence-electron chi connectivity index (χ3n) is 4.37. The van der Waals surface area contributed by atoms with Gasteiger partial charge < -0.3 is 9.84 Å². The van der Waals surface area contributed by atoms with Crippen LogP contribution in [0.3, 0.4) is 0 Å². The lowest BCUT2D eigenvalue weighted by atomic mass is 9.96. The van der Waals surface area contributed by atoms with E-state index >= 15 is 0 Å². The molecule has 0 radical (unpaired) electrons. The number of nitrogens with one attached hydrogen (secondary N) is 1. The third kappa shape index (κ3) is 1.98. The van der Waals surface area contributed by atoms with Gasteiger partial charge in [-0.05, 0) is 37.9 Å². The lowest BCUT2D eigenvalue weighted by molar-refractivity contribution is -0.0575. The highest BCUT2D eigenvalue weighted by Crippen LogP contribution is 2.48. The predicted octanol–water partition coefficient (Wildman–Crippen LogP) is 1.66. The second kappa shape index (κ2) is 4.26. The minimum atomic E-state index is -0.747. The van der Waals surface area contributed by atoms with Crippen LogP contribution in [-0.4, -0.2) is 26.4 Å². The molecule has 2 aliphatic rings. The molecule has 1 saturated carbocycles. The number of aliphatic hydroxyl groups is 1. The van der Waals surface area contributed by atoms with Crippen LogP contribution in [0.1, 0.15) is 38.0 Å². The molecule has 1 aliphatic heterocycles. The molecule has 5 nitrogen and oxygen atoms in total. The van der Waals surface area contributed by atoms with Crippen LogP contribution >= 0.6 is 12.2 Å². The molecule has 6 heteroatoms. The van der Waals surface area contributed by atoms with Crippen molar-refractivity contribution in [1.29, 1.82) is 0 Å². The molecule has 4 atom stereocenters. The van der Waals surface area contributed by atoms with Crippen molar-refractivity contribution in [1.82, 2.24) is 9.55 Å². The zero-order valence-corrected chi connectivity index (χ0v) is 11.9. The van der Waals surface area contributed by atoms with E-state index in [1.54, 1.807) is 17.7 Å². The minimum absolute atomic E-state index is 0.133. The number of hydrogen-bond donors (Lipinski definition) is 2. The van der Waals surface area contributed by atoms with Crippen LogP contribution in [0.4, 0.5) is 0 Å². The topological polar surface area (TPSA) is 67.2 Å². The molecule has 0 aromatic carbocycles. The molecule has 1 saturated heterocycles. The van der Waals surface area contributed by atoms with Gasteiger partial charge in [0.05, 0.1) is 11.7 Å². The maximum absolute atomic E-state index is 11.5. The minimum Gasteiger partial charge on any atom is -0.387 e. The van der Waals surface area contributed by atoms with E-state index < -0.39 is 5.60 Å². The molecule has 3 rings (SSSR count). The van der Waals surface area contributed by atoms with Gasteiger partial charge in [0.15, 0.2) is 4.77 Å². The molecule has 0 spiro atoms. The summed E-state index contributed by atoms with van der Waals surface area (Å²) in [4.78, 5) is 14.1. The Kier molecular flexibility index (Phi) is 2.92. The summed E-state index contributed by atoms with van der Waals surface area (Å²) in [6, 6.07) is 0. The van der Waals surface area contributed by atoms with Crippen LogP contribution in [0, 0.1) is 17.6 Å². The predicted molar refractivity (Wildman–Crippen MR) is 72.5 cm³/mol. The molecular weight excluding hydrogens is 264 g/mol. The van der Waals surface area contributed by atoms with Crippen molar-refractivity contribution >= 4 is 12.2 Å². The van der Waals surface area contributed by atoms with E-state index in [1.807, 2.05) is 0 Å².